The van der Waals surface area contributed by atoms with Crippen molar-refractivity contribution in [1.82, 2.24) is 0 Å². The summed E-state index contributed by atoms with van der Waals surface area (Å²) in [6, 6.07) is 6.48. The Bertz CT molecular complexity index is 309. The second-order valence-corrected chi connectivity index (χ2v) is 3.86. The lowest BCUT2D eigenvalue weighted by atomic mass is 9.41. The summed E-state index contributed by atoms with van der Waals surface area (Å²) >= 11 is 0. The third-order valence-electron chi connectivity index (χ3n) is 2.96. The molecular formula is C11H15BO. The molecule has 0 saturated heterocycles. The van der Waals surface area contributed by atoms with E-state index in [1.54, 1.807) is 7.11 Å². The first-order valence-corrected chi connectivity index (χ1v) is 4.98. The second-order valence-electron chi connectivity index (χ2n) is 3.86. The van der Waals surface area contributed by atoms with Crippen molar-refractivity contribution in [3.8, 4) is 5.75 Å². The molecule has 1 aliphatic heterocycles. The van der Waals surface area contributed by atoms with Crippen LogP contribution in [0, 0.1) is 0 Å². The number of ether oxygens (including phenoxy) is 1. The van der Waals surface area contributed by atoms with E-state index in [9.17, 15) is 0 Å². The summed E-state index contributed by atoms with van der Waals surface area (Å²) in [7, 11) is 1.73. The summed E-state index contributed by atoms with van der Waals surface area (Å²) in [6.07, 6.45) is 3.87. The van der Waals surface area contributed by atoms with Gasteiger partial charge in [0.25, 0.3) is 0 Å². The first kappa shape index (κ1) is 8.67. The maximum atomic E-state index is 5.22. The third kappa shape index (κ3) is 1.58. The number of benzene rings is 1. The third-order valence-corrected chi connectivity index (χ3v) is 2.96. The molecule has 2 rings (SSSR count). The number of methoxy groups -OCH3 is 1. The zero-order chi connectivity index (χ0) is 9.26. The molecule has 1 aromatic carbocycles. The molecule has 0 aliphatic carbocycles. The Morgan fingerprint density at radius 2 is 2.23 bits per heavy atom. The summed E-state index contributed by atoms with van der Waals surface area (Å²) in [6.45, 7) is 3.04. The van der Waals surface area contributed by atoms with Crippen LogP contribution in [-0.2, 0) is 6.42 Å². The van der Waals surface area contributed by atoms with E-state index in [0.717, 1.165) is 12.5 Å². The molecule has 1 aromatic rings. The predicted molar refractivity (Wildman–Crippen MR) is 57.4 cm³/mol. The van der Waals surface area contributed by atoms with Crippen molar-refractivity contribution in [2.45, 2.75) is 26.0 Å². The van der Waals surface area contributed by atoms with Gasteiger partial charge in [0.05, 0.1) is 7.11 Å². The zero-order valence-electron chi connectivity index (χ0n) is 8.34. The molecule has 0 bridgehead atoms. The normalized spacial score (nSPS) is 15.4. The van der Waals surface area contributed by atoms with Gasteiger partial charge >= 0.3 is 0 Å². The maximum Gasteiger partial charge on any atom is 0.173 e. The molecule has 0 saturated carbocycles. The molecular weight excluding hydrogens is 159 g/mol. The van der Waals surface area contributed by atoms with Gasteiger partial charge in [-0.25, -0.2) is 0 Å². The maximum absolute atomic E-state index is 5.22. The summed E-state index contributed by atoms with van der Waals surface area (Å²) in [4.78, 5) is 0. The van der Waals surface area contributed by atoms with E-state index in [1.165, 1.54) is 30.2 Å². The van der Waals surface area contributed by atoms with E-state index < -0.39 is 0 Å². The van der Waals surface area contributed by atoms with E-state index >= 15 is 0 Å². The van der Waals surface area contributed by atoms with Gasteiger partial charge < -0.3 is 4.74 Å². The van der Waals surface area contributed by atoms with Crippen molar-refractivity contribution in [3.05, 3.63) is 23.8 Å². The Balaban J connectivity index is 2.39. The van der Waals surface area contributed by atoms with Crippen molar-refractivity contribution in [1.29, 1.82) is 0 Å². The topological polar surface area (TPSA) is 9.23 Å². The monoisotopic (exact) mass is 174 g/mol. The average molecular weight is 174 g/mol. The summed E-state index contributed by atoms with van der Waals surface area (Å²) in [5, 5.41) is 0. The van der Waals surface area contributed by atoms with E-state index in [0.29, 0.717) is 0 Å². The van der Waals surface area contributed by atoms with Crippen LogP contribution in [0.3, 0.4) is 0 Å². The molecule has 2 heteroatoms. The van der Waals surface area contributed by atoms with Crippen LogP contribution in [0.15, 0.2) is 18.2 Å². The van der Waals surface area contributed by atoms with Gasteiger partial charge in [-0.3, -0.25) is 0 Å². The van der Waals surface area contributed by atoms with Crippen molar-refractivity contribution < 1.29 is 4.74 Å². The predicted octanol–water partition coefficient (Wildman–Crippen LogP) is 1.97. The smallest absolute Gasteiger partial charge is 0.173 e. The van der Waals surface area contributed by atoms with Gasteiger partial charge in [-0.1, -0.05) is 31.1 Å². The van der Waals surface area contributed by atoms with Crippen molar-refractivity contribution in [2.75, 3.05) is 7.11 Å². The fraction of sp³-hybridized carbons (Fsp3) is 0.455. The minimum Gasteiger partial charge on any atom is -0.497 e. The minimum atomic E-state index is 0.731. The van der Waals surface area contributed by atoms with Gasteiger partial charge in [0.1, 0.15) is 5.75 Å². The van der Waals surface area contributed by atoms with E-state index in [-0.39, 0.29) is 0 Å². The molecule has 0 radical (unpaired) electrons. The van der Waals surface area contributed by atoms with Gasteiger partial charge in [0.15, 0.2) is 6.71 Å². The van der Waals surface area contributed by atoms with Gasteiger partial charge in [0, 0.05) is 0 Å². The van der Waals surface area contributed by atoms with Crippen LogP contribution in [0.1, 0.15) is 12.0 Å². The molecule has 0 unspecified atom stereocenters. The van der Waals surface area contributed by atoms with Gasteiger partial charge in [-0.15, -0.1) is 0 Å². The van der Waals surface area contributed by atoms with Crippen LogP contribution in [0.5, 0.6) is 5.75 Å². The van der Waals surface area contributed by atoms with E-state index in [1.807, 2.05) is 0 Å². The molecule has 0 atom stereocenters. The summed E-state index contributed by atoms with van der Waals surface area (Å²) in [5.74, 6) is 0.993. The Labute approximate surface area is 80.2 Å². The number of rotatable bonds is 1. The van der Waals surface area contributed by atoms with E-state index in [2.05, 4.69) is 25.0 Å². The van der Waals surface area contributed by atoms with Crippen molar-refractivity contribution in [3.63, 3.8) is 0 Å². The largest absolute Gasteiger partial charge is 0.497 e. The minimum absolute atomic E-state index is 0.731. The fourth-order valence-corrected chi connectivity index (χ4v) is 2.16. The lowest BCUT2D eigenvalue weighted by Gasteiger charge is -2.20. The molecule has 13 heavy (non-hydrogen) atoms. The highest BCUT2D eigenvalue weighted by atomic mass is 16.5. The van der Waals surface area contributed by atoms with Crippen LogP contribution in [0.2, 0.25) is 13.1 Å². The lowest BCUT2D eigenvalue weighted by Crippen LogP contribution is -2.33. The Morgan fingerprint density at radius 1 is 1.38 bits per heavy atom. The van der Waals surface area contributed by atoms with Crippen molar-refractivity contribution in [2.24, 2.45) is 0 Å². The molecule has 1 aliphatic rings. The second kappa shape index (κ2) is 3.45. The number of hydrogen-bond acceptors (Lipinski definition) is 1. The average Bonchev–Trinajstić information content (AvgIpc) is 2.18. The zero-order valence-corrected chi connectivity index (χ0v) is 8.34. The highest BCUT2D eigenvalue weighted by Gasteiger charge is 2.18. The summed E-state index contributed by atoms with van der Waals surface area (Å²) < 4.78 is 5.22. The molecule has 0 spiro atoms. The van der Waals surface area contributed by atoms with Gasteiger partial charge in [-0.05, 0) is 24.1 Å². The standard InChI is InChI=1S/C11H15BO/c1-12-7-3-4-9-8-10(13-2)5-6-11(9)12/h5-6,8H,3-4,7H2,1-2H3. The van der Waals surface area contributed by atoms with Crippen LogP contribution in [-0.4, -0.2) is 13.8 Å². The SMILES string of the molecule is COc1ccc2c(c1)CCCB2C. The number of fused-ring (bicyclic) bond motifs is 1. The Morgan fingerprint density at radius 3 is 3.00 bits per heavy atom. The highest BCUT2D eigenvalue weighted by Crippen LogP contribution is 2.19. The van der Waals surface area contributed by atoms with Crippen LogP contribution < -0.4 is 10.2 Å². The van der Waals surface area contributed by atoms with Crippen molar-refractivity contribution >= 4 is 12.2 Å². The lowest BCUT2D eigenvalue weighted by molar-refractivity contribution is 0.414. The molecule has 0 N–H and O–H groups in total. The molecule has 0 aromatic heterocycles. The molecule has 1 heterocycles. The van der Waals surface area contributed by atoms with Crippen LogP contribution >= 0.6 is 0 Å². The molecule has 0 amide bonds. The van der Waals surface area contributed by atoms with Gasteiger partial charge in [-0.2, -0.15) is 0 Å². The van der Waals surface area contributed by atoms with Crippen LogP contribution in [0.4, 0.5) is 0 Å². The molecule has 1 nitrogen and oxygen atoms in total. The first-order chi connectivity index (χ1) is 6.31. The molecule has 68 valence electrons. The Hall–Kier alpha value is -0.915. The van der Waals surface area contributed by atoms with Crippen LogP contribution in [0.25, 0.3) is 0 Å². The summed E-state index contributed by atoms with van der Waals surface area (Å²) in [5.41, 5.74) is 3.00. The number of hydrogen-bond donors (Lipinski definition) is 0. The van der Waals surface area contributed by atoms with E-state index in [4.69, 9.17) is 4.74 Å². The quantitative estimate of drug-likeness (QED) is 0.591. The molecule has 0 fully saturated rings. The first-order valence-electron chi connectivity index (χ1n) is 4.98. The van der Waals surface area contributed by atoms with Gasteiger partial charge in [0.2, 0.25) is 0 Å². The Kier molecular flexibility index (Phi) is 2.30. The highest BCUT2D eigenvalue weighted by molar-refractivity contribution is 6.72. The fourth-order valence-electron chi connectivity index (χ4n) is 2.16. The number of aryl methyl sites for hydroxylation is 1.